The van der Waals surface area contributed by atoms with Crippen LogP contribution >= 0.6 is 0 Å². The molecule has 0 unspecified atom stereocenters. The van der Waals surface area contributed by atoms with E-state index in [2.05, 4.69) is 10.3 Å². The molecule has 0 aliphatic rings. The smallest absolute Gasteiger partial charge is 0.333 e. The van der Waals surface area contributed by atoms with Gasteiger partial charge in [0.1, 0.15) is 22.8 Å². The maximum Gasteiger partial charge on any atom is 0.333 e. The highest BCUT2D eigenvalue weighted by molar-refractivity contribution is 6.12. The van der Waals surface area contributed by atoms with Crippen molar-refractivity contribution < 1.29 is 18.7 Å². The van der Waals surface area contributed by atoms with E-state index in [4.69, 9.17) is 9.47 Å². The zero-order valence-corrected chi connectivity index (χ0v) is 17.4. The molecule has 1 amide bonds. The van der Waals surface area contributed by atoms with Crippen LogP contribution in [0.5, 0.6) is 11.5 Å². The quantitative estimate of drug-likeness (QED) is 0.498. The standard InChI is InChI=1S/C22H19FN4O5/c1-26-11-15(20(28)24-16-10-14(31-2)8-9-17(16)32-3)18-19(26)21(29)27(22(30)25-18)13-6-4-12(23)5-7-13/h4-11H,1-3H3,(H,24,28)(H,25,30). The number of hydrogen-bond acceptors (Lipinski definition) is 5. The molecule has 0 spiro atoms. The van der Waals surface area contributed by atoms with E-state index in [0.29, 0.717) is 17.2 Å². The first-order valence-corrected chi connectivity index (χ1v) is 9.47. The summed E-state index contributed by atoms with van der Waals surface area (Å²) in [6.07, 6.45) is 1.44. The molecule has 0 saturated carbocycles. The van der Waals surface area contributed by atoms with Gasteiger partial charge in [0.05, 0.1) is 36.7 Å². The van der Waals surface area contributed by atoms with Crippen LogP contribution in [0.3, 0.4) is 0 Å². The second-order valence-electron chi connectivity index (χ2n) is 6.94. The lowest BCUT2D eigenvalue weighted by molar-refractivity contribution is 0.102. The molecule has 10 heteroatoms. The highest BCUT2D eigenvalue weighted by Gasteiger charge is 2.21. The van der Waals surface area contributed by atoms with E-state index in [1.54, 1.807) is 25.2 Å². The Balaban J connectivity index is 1.82. The Hall–Kier alpha value is -4.34. The molecule has 2 aromatic heterocycles. The molecule has 32 heavy (non-hydrogen) atoms. The first-order valence-electron chi connectivity index (χ1n) is 9.47. The summed E-state index contributed by atoms with van der Waals surface area (Å²) in [6, 6.07) is 9.86. The predicted octanol–water partition coefficient (Wildman–Crippen LogP) is 2.43. The Morgan fingerprint density at radius 3 is 2.44 bits per heavy atom. The van der Waals surface area contributed by atoms with Gasteiger partial charge in [-0.15, -0.1) is 0 Å². The van der Waals surface area contributed by atoms with Gasteiger partial charge in [0, 0.05) is 19.3 Å². The summed E-state index contributed by atoms with van der Waals surface area (Å²) in [6.45, 7) is 0. The van der Waals surface area contributed by atoms with Gasteiger partial charge in [-0.3, -0.25) is 9.59 Å². The number of hydrogen-bond donors (Lipinski definition) is 2. The number of aromatic nitrogens is 3. The van der Waals surface area contributed by atoms with Crippen molar-refractivity contribution in [3.63, 3.8) is 0 Å². The van der Waals surface area contributed by atoms with Gasteiger partial charge in [-0.25, -0.2) is 13.8 Å². The largest absolute Gasteiger partial charge is 0.497 e. The van der Waals surface area contributed by atoms with Crippen molar-refractivity contribution in [1.82, 2.24) is 14.1 Å². The maximum absolute atomic E-state index is 13.3. The summed E-state index contributed by atoms with van der Waals surface area (Å²) in [5, 5.41) is 2.72. The molecule has 0 radical (unpaired) electrons. The van der Waals surface area contributed by atoms with E-state index < -0.39 is 23.0 Å². The molecule has 0 fully saturated rings. The lowest BCUT2D eigenvalue weighted by atomic mass is 10.2. The van der Waals surface area contributed by atoms with Crippen molar-refractivity contribution in [2.45, 2.75) is 0 Å². The van der Waals surface area contributed by atoms with Gasteiger partial charge in [0.15, 0.2) is 0 Å². The normalized spacial score (nSPS) is 10.9. The molecule has 0 bridgehead atoms. The van der Waals surface area contributed by atoms with Crippen molar-refractivity contribution >= 4 is 22.6 Å². The fourth-order valence-corrected chi connectivity index (χ4v) is 3.47. The minimum absolute atomic E-state index is 0.0835. The summed E-state index contributed by atoms with van der Waals surface area (Å²) < 4.78 is 26.0. The molecule has 9 nitrogen and oxygen atoms in total. The van der Waals surface area contributed by atoms with Crippen LogP contribution in [0, 0.1) is 5.82 Å². The van der Waals surface area contributed by atoms with Crippen LogP contribution in [-0.2, 0) is 7.05 Å². The maximum atomic E-state index is 13.3. The highest BCUT2D eigenvalue weighted by atomic mass is 19.1. The highest BCUT2D eigenvalue weighted by Crippen LogP contribution is 2.29. The number of H-pyrrole nitrogens is 1. The van der Waals surface area contributed by atoms with Crippen LogP contribution < -0.4 is 26.0 Å². The predicted molar refractivity (Wildman–Crippen MR) is 117 cm³/mol. The molecule has 4 aromatic rings. The third-order valence-electron chi connectivity index (χ3n) is 5.01. The molecule has 2 aromatic carbocycles. The van der Waals surface area contributed by atoms with Crippen molar-refractivity contribution in [3.05, 3.63) is 80.9 Å². The van der Waals surface area contributed by atoms with Gasteiger partial charge in [-0.05, 0) is 36.4 Å². The minimum Gasteiger partial charge on any atom is -0.497 e. The monoisotopic (exact) mass is 438 g/mol. The van der Waals surface area contributed by atoms with Crippen molar-refractivity contribution in [1.29, 1.82) is 0 Å². The second-order valence-corrected chi connectivity index (χ2v) is 6.94. The molecular weight excluding hydrogens is 419 g/mol. The van der Waals surface area contributed by atoms with Gasteiger partial charge >= 0.3 is 5.69 Å². The number of aryl methyl sites for hydroxylation is 1. The van der Waals surface area contributed by atoms with Gasteiger partial charge < -0.3 is 24.3 Å². The molecule has 0 atom stereocenters. The second kappa shape index (κ2) is 8.06. The number of halogens is 1. The minimum atomic E-state index is -0.756. The number of nitrogens with zero attached hydrogens (tertiary/aromatic N) is 2. The number of amides is 1. The number of fused-ring (bicyclic) bond motifs is 1. The summed E-state index contributed by atoms with van der Waals surface area (Å²) >= 11 is 0. The van der Waals surface area contributed by atoms with Crippen molar-refractivity contribution in [3.8, 4) is 17.2 Å². The number of rotatable bonds is 5. The number of carbonyl (C=O) groups excluding carboxylic acids is 1. The molecule has 2 N–H and O–H groups in total. The van der Waals surface area contributed by atoms with Crippen LogP contribution in [0.1, 0.15) is 10.4 Å². The zero-order chi connectivity index (χ0) is 23.0. The Bertz CT molecular complexity index is 1450. The van der Waals surface area contributed by atoms with E-state index in [1.807, 2.05) is 0 Å². The number of benzene rings is 2. The fraction of sp³-hybridized carbons (Fsp3) is 0.136. The van der Waals surface area contributed by atoms with E-state index in [9.17, 15) is 18.8 Å². The number of ether oxygens (including phenoxy) is 2. The average molecular weight is 438 g/mol. The lowest BCUT2D eigenvalue weighted by Gasteiger charge is -2.11. The summed E-state index contributed by atoms with van der Waals surface area (Å²) in [7, 11) is 4.54. The van der Waals surface area contributed by atoms with Crippen LogP contribution in [0.2, 0.25) is 0 Å². The van der Waals surface area contributed by atoms with Gasteiger partial charge in [0.2, 0.25) is 0 Å². The SMILES string of the molecule is COc1ccc(OC)c(NC(=O)c2cn(C)c3c(=O)n(-c4ccc(F)cc4)c(=O)[nH]c23)c1. The van der Waals surface area contributed by atoms with Crippen LogP contribution in [0.25, 0.3) is 16.7 Å². The third-order valence-corrected chi connectivity index (χ3v) is 5.01. The topological polar surface area (TPSA) is 107 Å². The molecule has 0 aliphatic carbocycles. The van der Waals surface area contributed by atoms with Gasteiger partial charge in [0.25, 0.3) is 11.5 Å². The molecule has 0 aliphatic heterocycles. The molecule has 164 valence electrons. The number of nitrogens with one attached hydrogen (secondary N) is 2. The number of carbonyl (C=O) groups is 1. The molecule has 4 rings (SSSR count). The zero-order valence-electron chi connectivity index (χ0n) is 17.4. The summed E-state index contributed by atoms with van der Waals surface area (Å²) in [5.41, 5.74) is -0.558. The van der Waals surface area contributed by atoms with E-state index in [1.165, 1.54) is 37.1 Å². The van der Waals surface area contributed by atoms with E-state index in [0.717, 1.165) is 16.7 Å². The number of methoxy groups -OCH3 is 2. The van der Waals surface area contributed by atoms with Crippen LogP contribution in [-0.4, -0.2) is 34.2 Å². The first-order chi connectivity index (χ1) is 15.3. The Morgan fingerprint density at radius 2 is 1.78 bits per heavy atom. The first kappa shape index (κ1) is 20.9. The fourth-order valence-electron chi connectivity index (χ4n) is 3.47. The van der Waals surface area contributed by atoms with Gasteiger partial charge in [-0.1, -0.05) is 0 Å². The number of anilines is 1. The lowest BCUT2D eigenvalue weighted by Crippen LogP contribution is -2.34. The molecule has 0 saturated heterocycles. The van der Waals surface area contributed by atoms with Crippen LogP contribution in [0.15, 0.2) is 58.3 Å². The Kier molecular flexibility index (Phi) is 5.27. The third kappa shape index (κ3) is 3.51. The molecule has 2 heterocycles. The Morgan fingerprint density at radius 1 is 1.06 bits per heavy atom. The van der Waals surface area contributed by atoms with E-state index in [-0.39, 0.29) is 22.3 Å². The summed E-state index contributed by atoms with van der Waals surface area (Å²) in [5.74, 6) is -0.136. The van der Waals surface area contributed by atoms with Gasteiger partial charge in [-0.2, -0.15) is 0 Å². The van der Waals surface area contributed by atoms with Crippen LogP contribution in [0.4, 0.5) is 10.1 Å². The molecular formula is C22H19FN4O5. The average Bonchev–Trinajstić information content (AvgIpc) is 3.11. The van der Waals surface area contributed by atoms with E-state index >= 15 is 0 Å². The van der Waals surface area contributed by atoms with Crippen molar-refractivity contribution in [2.75, 3.05) is 19.5 Å². The number of aromatic amines is 1. The van der Waals surface area contributed by atoms with Crippen molar-refractivity contribution in [2.24, 2.45) is 7.05 Å². The Labute approximate surface area is 180 Å². The summed E-state index contributed by atoms with van der Waals surface area (Å²) in [4.78, 5) is 41.4.